The number of hydrogen-bond donors (Lipinski definition) is 3. The summed E-state index contributed by atoms with van der Waals surface area (Å²) < 4.78 is 5.62. The smallest absolute Gasteiger partial charge is 0.319 e. The molecule has 3 rings (SSSR count). The van der Waals surface area contributed by atoms with Gasteiger partial charge in [-0.25, -0.2) is 4.79 Å². The number of ether oxygens (including phenoxy) is 1. The van der Waals surface area contributed by atoms with Crippen LogP contribution < -0.4 is 25.6 Å². The van der Waals surface area contributed by atoms with Crippen LogP contribution in [0.3, 0.4) is 0 Å². The third kappa shape index (κ3) is 4.66. The first-order valence-corrected chi connectivity index (χ1v) is 8.81. The van der Waals surface area contributed by atoms with Gasteiger partial charge in [0.2, 0.25) is 0 Å². The van der Waals surface area contributed by atoms with Crippen LogP contribution in [0.1, 0.15) is 13.3 Å². The van der Waals surface area contributed by atoms with E-state index in [0.717, 1.165) is 18.7 Å². The number of carbonyl (C=O) groups excluding carboxylic acids is 2. The predicted molar refractivity (Wildman–Crippen MR) is 104 cm³/mol. The van der Waals surface area contributed by atoms with Crippen molar-refractivity contribution in [3.63, 3.8) is 0 Å². The van der Waals surface area contributed by atoms with E-state index in [-0.39, 0.29) is 11.9 Å². The number of urea groups is 1. The molecule has 0 saturated carbocycles. The molecule has 0 bridgehead atoms. The fourth-order valence-corrected chi connectivity index (χ4v) is 2.76. The molecule has 142 valence electrons. The quantitative estimate of drug-likeness (QED) is 0.680. The Morgan fingerprint density at radius 2 is 2.11 bits per heavy atom. The first kappa shape index (κ1) is 18.5. The lowest BCUT2D eigenvalue weighted by atomic mass is 10.2. The molecule has 8 nitrogen and oxygen atoms in total. The van der Waals surface area contributed by atoms with Gasteiger partial charge in [0.05, 0.1) is 11.4 Å². The zero-order chi connectivity index (χ0) is 19.2. The number of carbonyl (C=O) groups is 2. The van der Waals surface area contributed by atoms with Gasteiger partial charge in [0, 0.05) is 44.3 Å². The third-order valence-corrected chi connectivity index (χ3v) is 4.19. The Labute approximate surface area is 157 Å². The van der Waals surface area contributed by atoms with Gasteiger partial charge >= 0.3 is 6.03 Å². The fourth-order valence-electron chi connectivity index (χ4n) is 2.76. The number of likely N-dealkylation sites (N-methyl/N-ethyl adjacent to an activating group) is 1. The zero-order valence-electron chi connectivity index (χ0n) is 15.4. The second-order valence-electron chi connectivity index (χ2n) is 6.24. The van der Waals surface area contributed by atoms with Crippen LogP contribution in [0, 0.1) is 0 Å². The average molecular weight is 369 g/mol. The second-order valence-corrected chi connectivity index (χ2v) is 6.24. The van der Waals surface area contributed by atoms with Crippen molar-refractivity contribution >= 4 is 29.0 Å². The summed E-state index contributed by atoms with van der Waals surface area (Å²) in [5.41, 5.74) is 2.24. The Balaban J connectivity index is 1.44. The Morgan fingerprint density at radius 3 is 2.89 bits per heavy atom. The number of benzene rings is 1. The standard InChI is InChI=1S/C19H23N5O3/c1-13-18(25)24(2)16-7-6-14(11-17(16)27-13)23-19(26)22-10-4-9-21-15-5-3-8-20-12-15/h3,5-8,11-13,21H,4,9-10H2,1-2H3,(H2,22,23,26)/t13-/m1/s1. The van der Waals surface area contributed by atoms with Gasteiger partial charge in [-0.05, 0) is 37.6 Å². The van der Waals surface area contributed by atoms with E-state index in [9.17, 15) is 9.59 Å². The lowest BCUT2D eigenvalue weighted by Gasteiger charge is -2.30. The molecule has 2 heterocycles. The van der Waals surface area contributed by atoms with Crippen molar-refractivity contribution in [2.24, 2.45) is 0 Å². The van der Waals surface area contributed by atoms with Crippen LogP contribution in [0.15, 0.2) is 42.7 Å². The summed E-state index contributed by atoms with van der Waals surface area (Å²) in [5, 5.41) is 8.82. The van der Waals surface area contributed by atoms with Crippen LogP contribution in [0.5, 0.6) is 5.75 Å². The molecule has 1 atom stereocenters. The zero-order valence-corrected chi connectivity index (χ0v) is 15.4. The Bertz CT molecular complexity index is 812. The molecule has 0 spiro atoms. The maximum absolute atomic E-state index is 12.0. The van der Waals surface area contributed by atoms with Crippen LogP contribution >= 0.6 is 0 Å². The first-order chi connectivity index (χ1) is 13.0. The topological polar surface area (TPSA) is 95.6 Å². The van der Waals surface area contributed by atoms with Gasteiger partial charge in [-0.15, -0.1) is 0 Å². The summed E-state index contributed by atoms with van der Waals surface area (Å²) in [7, 11) is 1.71. The SMILES string of the molecule is C[C@H]1Oc2cc(NC(=O)NCCCNc3cccnc3)ccc2N(C)C1=O. The molecule has 1 aliphatic rings. The Hall–Kier alpha value is -3.29. The molecule has 8 heteroatoms. The number of fused-ring (bicyclic) bond motifs is 1. The minimum atomic E-state index is -0.543. The van der Waals surface area contributed by atoms with Gasteiger partial charge in [-0.3, -0.25) is 9.78 Å². The number of nitrogens with zero attached hydrogens (tertiary/aromatic N) is 2. The van der Waals surface area contributed by atoms with Crippen molar-refractivity contribution in [2.75, 3.05) is 35.7 Å². The van der Waals surface area contributed by atoms with Crippen molar-refractivity contribution in [2.45, 2.75) is 19.4 Å². The summed E-state index contributed by atoms with van der Waals surface area (Å²) in [5.74, 6) is 0.476. The summed E-state index contributed by atoms with van der Waals surface area (Å²) in [4.78, 5) is 29.5. The molecule has 0 unspecified atom stereocenters. The summed E-state index contributed by atoms with van der Waals surface area (Å²) >= 11 is 0. The Kier molecular flexibility index (Phi) is 5.75. The van der Waals surface area contributed by atoms with E-state index in [4.69, 9.17) is 4.74 Å². The molecule has 1 aromatic heterocycles. The first-order valence-electron chi connectivity index (χ1n) is 8.81. The molecule has 2 aromatic rings. The molecule has 1 aliphatic heterocycles. The molecule has 0 saturated heterocycles. The van der Waals surface area contributed by atoms with Crippen LogP contribution in [0.25, 0.3) is 0 Å². The number of aromatic nitrogens is 1. The molecule has 0 aliphatic carbocycles. The summed E-state index contributed by atoms with van der Waals surface area (Å²) in [6, 6.07) is 8.74. The monoisotopic (exact) mass is 369 g/mol. The van der Waals surface area contributed by atoms with Crippen molar-refractivity contribution in [3.05, 3.63) is 42.7 Å². The van der Waals surface area contributed by atoms with Gasteiger partial charge < -0.3 is 25.6 Å². The van der Waals surface area contributed by atoms with Gasteiger partial charge in [0.1, 0.15) is 5.75 Å². The highest BCUT2D eigenvalue weighted by atomic mass is 16.5. The van der Waals surface area contributed by atoms with Gasteiger partial charge in [0.15, 0.2) is 6.10 Å². The highest BCUT2D eigenvalue weighted by Gasteiger charge is 2.28. The third-order valence-electron chi connectivity index (χ3n) is 4.19. The molecular formula is C19H23N5O3. The fraction of sp³-hybridized carbons (Fsp3) is 0.316. The number of anilines is 3. The summed E-state index contributed by atoms with van der Waals surface area (Å²) in [6.45, 7) is 2.97. The van der Waals surface area contributed by atoms with Crippen molar-refractivity contribution < 1.29 is 14.3 Å². The second kappa shape index (κ2) is 8.39. The van der Waals surface area contributed by atoms with E-state index < -0.39 is 6.10 Å². The number of nitrogens with one attached hydrogen (secondary N) is 3. The summed E-state index contributed by atoms with van der Waals surface area (Å²) in [6.07, 6.45) is 3.71. The average Bonchev–Trinajstić information content (AvgIpc) is 2.66. The van der Waals surface area contributed by atoms with E-state index in [1.807, 2.05) is 12.1 Å². The largest absolute Gasteiger partial charge is 0.479 e. The highest BCUT2D eigenvalue weighted by Crippen LogP contribution is 2.35. The van der Waals surface area contributed by atoms with E-state index in [2.05, 4.69) is 20.9 Å². The van der Waals surface area contributed by atoms with Crippen LogP contribution in [-0.4, -0.2) is 43.2 Å². The molecule has 3 N–H and O–H groups in total. The van der Waals surface area contributed by atoms with Gasteiger partial charge in [-0.1, -0.05) is 0 Å². The highest BCUT2D eigenvalue weighted by molar-refractivity contribution is 6.00. The van der Waals surface area contributed by atoms with E-state index in [1.165, 1.54) is 0 Å². The minimum absolute atomic E-state index is 0.0964. The number of pyridine rings is 1. The molecule has 27 heavy (non-hydrogen) atoms. The van der Waals surface area contributed by atoms with E-state index in [1.54, 1.807) is 49.5 Å². The number of amides is 3. The lowest BCUT2D eigenvalue weighted by molar-refractivity contribution is -0.125. The Morgan fingerprint density at radius 1 is 1.26 bits per heavy atom. The molecule has 3 amide bonds. The molecule has 0 fully saturated rings. The maximum Gasteiger partial charge on any atom is 0.319 e. The molecule has 0 radical (unpaired) electrons. The van der Waals surface area contributed by atoms with Crippen LogP contribution in [0.2, 0.25) is 0 Å². The predicted octanol–water partition coefficient (Wildman–Crippen LogP) is 2.45. The van der Waals surface area contributed by atoms with Crippen molar-refractivity contribution in [1.82, 2.24) is 10.3 Å². The minimum Gasteiger partial charge on any atom is -0.479 e. The molecule has 1 aromatic carbocycles. The van der Waals surface area contributed by atoms with Gasteiger partial charge in [-0.2, -0.15) is 0 Å². The van der Waals surface area contributed by atoms with Crippen molar-refractivity contribution in [3.8, 4) is 5.75 Å². The van der Waals surface area contributed by atoms with E-state index in [0.29, 0.717) is 23.7 Å². The van der Waals surface area contributed by atoms with Crippen LogP contribution in [-0.2, 0) is 4.79 Å². The lowest BCUT2D eigenvalue weighted by Crippen LogP contribution is -2.42. The normalized spacial score (nSPS) is 15.6. The maximum atomic E-state index is 12.0. The molecular weight excluding hydrogens is 346 g/mol. The van der Waals surface area contributed by atoms with Crippen molar-refractivity contribution in [1.29, 1.82) is 0 Å². The van der Waals surface area contributed by atoms with Gasteiger partial charge in [0.25, 0.3) is 5.91 Å². The van der Waals surface area contributed by atoms with Crippen LogP contribution in [0.4, 0.5) is 21.9 Å². The number of hydrogen-bond acceptors (Lipinski definition) is 5. The van der Waals surface area contributed by atoms with E-state index >= 15 is 0 Å². The number of rotatable bonds is 6.